The number of carbonyl (C=O) groups is 4. The Bertz CT molecular complexity index is 1480. The average Bonchev–Trinajstić information content (AvgIpc) is 3.59. The van der Waals surface area contributed by atoms with Crippen molar-refractivity contribution in [3.63, 3.8) is 0 Å². The molecule has 3 aromatic rings. The highest BCUT2D eigenvalue weighted by Crippen LogP contribution is 2.23. The smallest absolute Gasteiger partial charge is 0.328 e. The third-order valence-electron chi connectivity index (χ3n) is 8.39. The molecule has 0 aromatic heterocycles. The molecular weight excluding hydrogens is 582 g/mol. The van der Waals surface area contributed by atoms with Crippen LogP contribution in [-0.4, -0.2) is 53.3 Å². The molecule has 9 heteroatoms. The average molecular weight is 624 g/mol. The second-order valence-electron chi connectivity index (χ2n) is 11.7. The Balaban J connectivity index is 1.37. The van der Waals surface area contributed by atoms with Gasteiger partial charge in [-0.15, -0.1) is 0 Å². The lowest BCUT2D eigenvalue weighted by Gasteiger charge is -2.29. The predicted octanol–water partition coefficient (Wildman–Crippen LogP) is 4.46. The molecule has 5 rings (SSSR count). The number of hydrogen-bond donors (Lipinski definition) is 2. The molecule has 9 nitrogen and oxygen atoms in total. The first-order chi connectivity index (χ1) is 22.5. The van der Waals surface area contributed by atoms with Gasteiger partial charge in [0.25, 0.3) is 0 Å². The first-order valence-corrected chi connectivity index (χ1v) is 15.9. The molecule has 4 atom stereocenters. The fourth-order valence-corrected chi connectivity index (χ4v) is 5.84. The number of esters is 2. The van der Waals surface area contributed by atoms with E-state index < -0.39 is 41.9 Å². The molecule has 3 aromatic carbocycles. The Hall–Kier alpha value is -4.76. The van der Waals surface area contributed by atoms with Gasteiger partial charge in [0.1, 0.15) is 25.3 Å². The van der Waals surface area contributed by atoms with Gasteiger partial charge in [-0.05, 0) is 48.8 Å². The molecule has 0 saturated carbocycles. The predicted molar refractivity (Wildman–Crippen MR) is 173 cm³/mol. The van der Waals surface area contributed by atoms with Gasteiger partial charge in [-0.25, -0.2) is 4.79 Å². The Kier molecular flexibility index (Phi) is 11.7. The van der Waals surface area contributed by atoms with Crippen molar-refractivity contribution in [3.05, 3.63) is 120 Å². The topological polar surface area (TPSA) is 114 Å². The number of carbonyl (C=O) groups excluding carboxylic acids is 4. The van der Waals surface area contributed by atoms with Crippen LogP contribution in [0.5, 0.6) is 0 Å². The van der Waals surface area contributed by atoms with E-state index in [0.717, 1.165) is 16.7 Å². The molecule has 1 saturated heterocycles. The monoisotopic (exact) mass is 623 g/mol. The van der Waals surface area contributed by atoms with Gasteiger partial charge >= 0.3 is 11.9 Å². The molecule has 2 amide bonds. The third kappa shape index (κ3) is 9.14. The molecule has 2 aliphatic heterocycles. The maximum atomic E-state index is 13.8. The minimum Gasteiger partial charge on any atom is -0.461 e. The van der Waals surface area contributed by atoms with E-state index in [0.29, 0.717) is 32.4 Å². The van der Waals surface area contributed by atoms with Crippen molar-refractivity contribution in [2.24, 2.45) is 5.92 Å². The molecule has 0 radical (unpaired) electrons. The minimum absolute atomic E-state index is 0.00627. The molecule has 46 heavy (non-hydrogen) atoms. The standard InChI is InChI=1S/C37H41N3O6/c41-34-33-21-12-22-40(33)35(42)31(38-24-27-13-4-1-5-14-27)20-11-10-19-30(36(43)45-25-28-15-6-2-7-16-28)23-32(39-34)37(44)46-26-29-17-8-3-9-18-29/h1-11,13-18,30-33,38H,12,19-26H2,(H,39,41)/b11-10+/t30-,31-,32-,33-/m0/s1. The highest BCUT2D eigenvalue weighted by Gasteiger charge is 2.39. The summed E-state index contributed by atoms with van der Waals surface area (Å²) >= 11 is 0. The largest absolute Gasteiger partial charge is 0.461 e. The van der Waals surface area contributed by atoms with Crippen molar-refractivity contribution < 1.29 is 28.7 Å². The highest BCUT2D eigenvalue weighted by molar-refractivity contribution is 5.93. The van der Waals surface area contributed by atoms with E-state index >= 15 is 0 Å². The van der Waals surface area contributed by atoms with Crippen molar-refractivity contribution in [1.82, 2.24) is 15.5 Å². The Labute approximate surface area is 270 Å². The minimum atomic E-state index is -1.11. The van der Waals surface area contributed by atoms with Gasteiger partial charge in [0, 0.05) is 13.1 Å². The van der Waals surface area contributed by atoms with Crippen LogP contribution in [0, 0.1) is 5.92 Å². The molecule has 240 valence electrons. The zero-order chi connectivity index (χ0) is 32.1. The second-order valence-corrected chi connectivity index (χ2v) is 11.7. The SMILES string of the molecule is O=C(OCc1ccccc1)[C@H]1C/C=C/C[C@H](NCc2ccccc2)C(=O)N2CCC[C@H]2C(=O)N[C@H](C(=O)OCc2ccccc2)C1. The van der Waals surface area contributed by atoms with E-state index in [-0.39, 0.29) is 32.0 Å². The summed E-state index contributed by atoms with van der Waals surface area (Å²) in [6, 6.07) is 26.0. The van der Waals surface area contributed by atoms with Gasteiger partial charge in [-0.3, -0.25) is 14.4 Å². The van der Waals surface area contributed by atoms with Gasteiger partial charge in [-0.1, -0.05) is 103 Å². The van der Waals surface area contributed by atoms with E-state index in [9.17, 15) is 19.2 Å². The Morgan fingerprint density at radius 3 is 1.96 bits per heavy atom. The number of nitrogens with zero attached hydrogens (tertiary/aromatic N) is 1. The summed E-state index contributed by atoms with van der Waals surface area (Å²) in [5.74, 6) is -2.45. The molecule has 0 bridgehead atoms. The van der Waals surface area contributed by atoms with Gasteiger partial charge in [0.2, 0.25) is 11.8 Å². The van der Waals surface area contributed by atoms with E-state index in [1.807, 2.05) is 103 Å². The van der Waals surface area contributed by atoms with Crippen LogP contribution in [0.15, 0.2) is 103 Å². The summed E-state index contributed by atoms with van der Waals surface area (Å²) in [5.41, 5.74) is 2.68. The molecular formula is C37H41N3O6. The van der Waals surface area contributed by atoms with Crippen LogP contribution >= 0.6 is 0 Å². The fourth-order valence-electron chi connectivity index (χ4n) is 5.84. The van der Waals surface area contributed by atoms with Crippen LogP contribution in [0.1, 0.15) is 48.8 Å². The summed E-state index contributed by atoms with van der Waals surface area (Å²) in [6.45, 7) is 1.05. The number of ether oxygens (including phenoxy) is 2. The quantitative estimate of drug-likeness (QED) is 0.267. The summed E-state index contributed by atoms with van der Waals surface area (Å²) in [4.78, 5) is 56.1. The Morgan fingerprint density at radius 1 is 0.761 bits per heavy atom. The van der Waals surface area contributed by atoms with Crippen molar-refractivity contribution >= 4 is 23.8 Å². The number of benzene rings is 3. The van der Waals surface area contributed by atoms with E-state index in [1.165, 1.54) is 0 Å². The van der Waals surface area contributed by atoms with Gasteiger partial charge in [0.15, 0.2) is 0 Å². The fraction of sp³-hybridized carbons (Fsp3) is 0.351. The van der Waals surface area contributed by atoms with Gasteiger partial charge in [0.05, 0.1) is 12.0 Å². The molecule has 1 fully saturated rings. The summed E-state index contributed by atoms with van der Waals surface area (Å²) in [6.07, 6.45) is 5.53. The van der Waals surface area contributed by atoms with Crippen LogP contribution < -0.4 is 10.6 Å². The van der Waals surface area contributed by atoms with Crippen molar-refractivity contribution in [3.8, 4) is 0 Å². The lowest BCUT2D eigenvalue weighted by atomic mass is 9.95. The van der Waals surface area contributed by atoms with Crippen LogP contribution in [-0.2, 0) is 48.4 Å². The first kappa shape index (κ1) is 32.6. The van der Waals surface area contributed by atoms with Crippen molar-refractivity contribution in [1.29, 1.82) is 0 Å². The first-order valence-electron chi connectivity index (χ1n) is 15.9. The summed E-state index contributed by atoms with van der Waals surface area (Å²) in [5, 5.41) is 6.23. The molecule has 0 spiro atoms. The Morgan fingerprint density at radius 2 is 1.33 bits per heavy atom. The number of rotatable bonds is 9. The number of fused-ring (bicyclic) bond motifs is 1. The number of hydrogen-bond acceptors (Lipinski definition) is 7. The van der Waals surface area contributed by atoms with Crippen LogP contribution in [0.4, 0.5) is 0 Å². The number of amides is 2. The van der Waals surface area contributed by atoms with Gasteiger partial charge < -0.3 is 25.0 Å². The van der Waals surface area contributed by atoms with E-state index in [4.69, 9.17) is 9.47 Å². The van der Waals surface area contributed by atoms with Crippen LogP contribution in [0.25, 0.3) is 0 Å². The number of nitrogens with one attached hydrogen (secondary N) is 2. The number of allylic oxidation sites excluding steroid dienone is 1. The third-order valence-corrected chi connectivity index (χ3v) is 8.39. The van der Waals surface area contributed by atoms with Crippen LogP contribution in [0.3, 0.4) is 0 Å². The van der Waals surface area contributed by atoms with Crippen LogP contribution in [0.2, 0.25) is 0 Å². The van der Waals surface area contributed by atoms with Gasteiger partial charge in [-0.2, -0.15) is 0 Å². The molecule has 2 aliphatic rings. The zero-order valence-electron chi connectivity index (χ0n) is 25.9. The molecule has 0 aliphatic carbocycles. The summed E-state index contributed by atoms with van der Waals surface area (Å²) < 4.78 is 11.3. The molecule has 2 N–H and O–H groups in total. The lowest BCUT2D eigenvalue weighted by molar-refractivity contribution is -0.154. The normalized spacial score (nSPS) is 22.7. The zero-order valence-corrected chi connectivity index (χ0v) is 25.9. The summed E-state index contributed by atoms with van der Waals surface area (Å²) in [7, 11) is 0. The maximum Gasteiger partial charge on any atom is 0.328 e. The van der Waals surface area contributed by atoms with E-state index in [1.54, 1.807) is 4.90 Å². The van der Waals surface area contributed by atoms with Crippen molar-refractivity contribution in [2.75, 3.05) is 6.54 Å². The van der Waals surface area contributed by atoms with Crippen molar-refractivity contribution in [2.45, 2.75) is 70.0 Å². The molecule has 2 heterocycles. The second kappa shape index (κ2) is 16.5. The highest BCUT2D eigenvalue weighted by atomic mass is 16.5. The lowest BCUT2D eigenvalue weighted by Crippen LogP contribution is -2.55. The maximum absolute atomic E-state index is 13.8. The molecule has 0 unspecified atom stereocenters. The van der Waals surface area contributed by atoms with E-state index in [2.05, 4.69) is 10.6 Å².